The molecule has 0 aliphatic carbocycles. The summed E-state index contributed by atoms with van der Waals surface area (Å²) in [4.78, 5) is 30.9. The van der Waals surface area contributed by atoms with Crippen LogP contribution < -0.4 is 10.3 Å². The first-order chi connectivity index (χ1) is 13.7. The highest BCUT2D eigenvalue weighted by Crippen LogP contribution is 2.24. The first-order valence-corrected chi connectivity index (χ1v) is 10.4. The van der Waals surface area contributed by atoms with Crippen LogP contribution in [0.5, 0.6) is 5.75 Å². The fraction of sp³-hybridized carbons (Fsp3) is 0.0952. The number of benzene rings is 2. The molecule has 0 saturated heterocycles. The van der Waals surface area contributed by atoms with Crippen LogP contribution in [0.4, 0.5) is 0 Å². The molecule has 0 fully saturated rings. The van der Waals surface area contributed by atoms with Crippen molar-refractivity contribution in [1.82, 2.24) is 9.55 Å². The van der Waals surface area contributed by atoms with Crippen molar-refractivity contribution >= 4 is 39.1 Å². The third kappa shape index (κ3) is 3.58. The number of carbonyl (C=O) groups excluding carboxylic acids is 1. The zero-order valence-corrected chi connectivity index (χ0v) is 16.6. The molecule has 0 aliphatic heterocycles. The van der Waals surface area contributed by atoms with E-state index in [0.717, 1.165) is 5.69 Å². The zero-order valence-electron chi connectivity index (χ0n) is 15.0. The molecule has 0 unspecified atom stereocenters. The largest absolute Gasteiger partial charge is 0.497 e. The summed E-state index contributed by atoms with van der Waals surface area (Å²) in [6.45, 7) is 0. The summed E-state index contributed by atoms with van der Waals surface area (Å²) in [7, 11) is 1.59. The topological polar surface area (TPSA) is 61.2 Å². The molecule has 0 aliphatic rings. The lowest BCUT2D eigenvalue weighted by Crippen LogP contribution is -2.21. The Balaban J connectivity index is 1.67. The Morgan fingerprint density at radius 3 is 2.57 bits per heavy atom. The number of ether oxygens (including phenoxy) is 1. The second-order valence-corrected chi connectivity index (χ2v) is 7.79. The number of para-hydroxylation sites is 1. The number of fused-ring (bicyclic) bond motifs is 1. The molecule has 0 bridgehead atoms. The van der Waals surface area contributed by atoms with Crippen molar-refractivity contribution in [1.29, 1.82) is 0 Å². The fourth-order valence-electron chi connectivity index (χ4n) is 2.79. The van der Waals surface area contributed by atoms with Crippen molar-refractivity contribution < 1.29 is 9.53 Å². The standard InChI is InChI=1S/C21H16N2O3S2/c1-26-16-9-7-14(8-10-16)18(24)13-28-21-22-19-17(11-12-27-19)20(25)23(21)15-5-3-2-4-6-15/h2-12H,13H2,1H3. The van der Waals surface area contributed by atoms with Crippen molar-refractivity contribution in [2.75, 3.05) is 12.9 Å². The molecule has 5 nitrogen and oxygen atoms in total. The van der Waals surface area contributed by atoms with Crippen LogP contribution in [0.2, 0.25) is 0 Å². The van der Waals surface area contributed by atoms with E-state index < -0.39 is 0 Å². The summed E-state index contributed by atoms with van der Waals surface area (Å²) in [6.07, 6.45) is 0. The van der Waals surface area contributed by atoms with Gasteiger partial charge in [-0.2, -0.15) is 0 Å². The number of Topliss-reactive ketones (excluding diaryl/α,β-unsaturated/α-hetero) is 1. The summed E-state index contributed by atoms with van der Waals surface area (Å²) < 4.78 is 6.70. The first-order valence-electron chi connectivity index (χ1n) is 8.53. The molecule has 0 N–H and O–H groups in total. The van der Waals surface area contributed by atoms with Crippen molar-refractivity contribution in [2.45, 2.75) is 5.16 Å². The van der Waals surface area contributed by atoms with Gasteiger partial charge in [0.15, 0.2) is 10.9 Å². The van der Waals surface area contributed by atoms with Crippen LogP contribution in [0.25, 0.3) is 15.9 Å². The van der Waals surface area contributed by atoms with Crippen molar-refractivity contribution in [3.05, 3.63) is 82.0 Å². The Morgan fingerprint density at radius 2 is 1.86 bits per heavy atom. The van der Waals surface area contributed by atoms with Crippen molar-refractivity contribution in [3.8, 4) is 11.4 Å². The summed E-state index contributed by atoms with van der Waals surface area (Å²) in [5, 5.41) is 2.94. The van der Waals surface area contributed by atoms with Gasteiger partial charge in [-0.25, -0.2) is 4.98 Å². The minimum Gasteiger partial charge on any atom is -0.497 e. The molecule has 0 spiro atoms. The van der Waals surface area contributed by atoms with E-state index in [9.17, 15) is 9.59 Å². The number of aromatic nitrogens is 2. The molecule has 0 saturated carbocycles. The Bertz CT molecular complexity index is 1180. The Morgan fingerprint density at radius 1 is 1.11 bits per heavy atom. The minimum absolute atomic E-state index is 0.0345. The predicted octanol–water partition coefficient (Wildman–Crippen LogP) is 4.43. The number of nitrogens with zero attached hydrogens (tertiary/aromatic N) is 2. The van der Waals surface area contributed by atoms with Crippen LogP contribution >= 0.6 is 23.1 Å². The quantitative estimate of drug-likeness (QED) is 0.268. The zero-order chi connectivity index (χ0) is 19.5. The van der Waals surface area contributed by atoms with Gasteiger partial charge in [0.2, 0.25) is 0 Å². The van der Waals surface area contributed by atoms with Gasteiger partial charge >= 0.3 is 0 Å². The monoisotopic (exact) mass is 408 g/mol. The van der Waals surface area contributed by atoms with Crippen LogP contribution in [0.15, 0.2) is 76.0 Å². The number of thiophene rings is 1. The lowest BCUT2D eigenvalue weighted by atomic mass is 10.1. The summed E-state index contributed by atoms with van der Waals surface area (Å²) in [5.74, 6) is 0.849. The third-order valence-corrected chi connectivity index (χ3v) is 5.97. The van der Waals surface area contributed by atoms with Gasteiger partial charge in [0.1, 0.15) is 10.6 Å². The number of hydrogen-bond donors (Lipinski definition) is 0. The maximum atomic E-state index is 13.0. The van der Waals surface area contributed by atoms with E-state index in [1.54, 1.807) is 42.0 Å². The summed E-state index contributed by atoms with van der Waals surface area (Å²) >= 11 is 2.68. The van der Waals surface area contributed by atoms with Crippen LogP contribution in [-0.4, -0.2) is 28.2 Å². The predicted molar refractivity (Wildman–Crippen MR) is 113 cm³/mol. The Kier molecular flexibility index (Phi) is 5.27. The molecule has 2 aromatic carbocycles. The summed E-state index contributed by atoms with van der Waals surface area (Å²) in [5.41, 5.74) is 1.20. The number of carbonyl (C=O) groups is 1. The van der Waals surface area contributed by atoms with E-state index in [2.05, 4.69) is 4.98 Å². The van der Waals surface area contributed by atoms with Gasteiger partial charge in [-0.3, -0.25) is 14.2 Å². The van der Waals surface area contributed by atoms with Gasteiger partial charge in [0.05, 0.1) is 23.9 Å². The van der Waals surface area contributed by atoms with Gasteiger partial charge in [-0.1, -0.05) is 30.0 Å². The van der Waals surface area contributed by atoms with E-state index in [-0.39, 0.29) is 17.1 Å². The molecule has 140 valence electrons. The maximum absolute atomic E-state index is 13.0. The van der Waals surface area contributed by atoms with E-state index >= 15 is 0 Å². The minimum atomic E-state index is -0.128. The number of ketones is 1. The average Bonchev–Trinajstić information content (AvgIpc) is 3.22. The molecular formula is C21H16N2O3S2. The van der Waals surface area contributed by atoms with Crippen molar-refractivity contribution in [3.63, 3.8) is 0 Å². The SMILES string of the molecule is COc1ccc(C(=O)CSc2nc3sccc3c(=O)n2-c2ccccc2)cc1. The van der Waals surface area contributed by atoms with Gasteiger partial charge < -0.3 is 4.74 Å². The van der Waals surface area contributed by atoms with Crippen molar-refractivity contribution in [2.24, 2.45) is 0 Å². The molecule has 4 aromatic rings. The lowest BCUT2D eigenvalue weighted by molar-refractivity contribution is 0.102. The van der Waals surface area contributed by atoms with Crippen LogP contribution in [0, 0.1) is 0 Å². The van der Waals surface area contributed by atoms with Gasteiger partial charge in [0, 0.05) is 5.56 Å². The Labute approximate surface area is 169 Å². The first kappa shape index (κ1) is 18.5. The Hall–Kier alpha value is -2.90. The smallest absolute Gasteiger partial charge is 0.267 e. The second-order valence-electron chi connectivity index (χ2n) is 5.95. The van der Waals surface area contributed by atoms with E-state index in [4.69, 9.17) is 4.74 Å². The molecule has 4 rings (SSSR count). The molecule has 2 aromatic heterocycles. The maximum Gasteiger partial charge on any atom is 0.267 e. The number of thioether (sulfide) groups is 1. The molecule has 0 amide bonds. The van der Waals surface area contributed by atoms with Crippen LogP contribution in [0.3, 0.4) is 0 Å². The highest BCUT2D eigenvalue weighted by molar-refractivity contribution is 7.99. The molecular weight excluding hydrogens is 392 g/mol. The van der Waals surface area contributed by atoms with E-state index in [1.165, 1.54) is 23.1 Å². The van der Waals surface area contributed by atoms with Crippen LogP contribution in [-0.2, 0) is 0 Å². The normalized spacial score (nSPS) is 10.9. The number of methoxy groups -OCH3 is 1. The highest BCUT2D eigenvalue weighted by Gasteiger charge is 2.16. The van der Waals surface area contributed by atoms with Crippen LogP contribution in [0.1, 0.15) is 10.4 Å². The number of rotatable bonds is 6. The van der Waals surface area contributed by atoms with Gasteiger partial charge in [-0.15, -0.1) is 11.3 Å². The average molecular weight is 409 g/mol. The molecule has 2 heterocycles. The highest BCUT2D eigenvalue weighted by atomic mass is 32.2. The molecule has 0 radical (unpaired) electrons. The second kappa shape index (κ2) is 8.00. The molecule has 0 atom stereocenters. The summed E-state index contributed by atoms with van der Waals surface area (Å²) in [6, 6.07) is 18.1. The van der Waals surface area contributed by atoms with Gasteiger partial charge in [-0.05, 0) is 47.8 Å². The molecule has 28 heavy (non-hydrogen) atoms. The fourth-order valence-corrected chi connectivity index (χ4v) is 4.50. The lowest BCUT2D eigenvalue weighted by Gasteiger charge is -2.11. The van der Waals surface area contributed by atoms with E-state index in [0.29, 0.717) is 26.7 Å². The van der Waals surface area contributed by atoms with E-state index in [1.807, 2.05) is 35.7 Å². The van der Waals surface area contributed by atoms with Gasteiger partial charge in [0.25, 0.3) is 5.56 Å². The molecule has 7 heteroatoms. The third-order valence-electron chi connectivity index (χ3n) is 4.23. The number of hydrogen-bond acceptors (Lipinski definition) is 6.